The standard InChI is InChI=1S/C11H13BrN4/c1-3-8-6(2)15-11(16-8)7-4-5-14-10(12)9(7)13/h4-5H,3,13H2,1-2H3,(H,15,16). The minimum Gasteiger partial charge on any atom is -0.396 e. The molecule has 4 nitrogen and oxygen atoms in total. The van der Waals surface area contributed by atoms with Crippen LogP contribution in [0.5, 0.6) is 0 Å². The fourth-order valence-corrected chi connectivity index (χ4v) is 1.95. The number of halogens is 1. The van der Waals surface area contributed by atoms with E-state index in [1.165, 1.54) is 0 Å². The van der Waals surface area contributed by atoms with E-state index < -0.39 is 0 Å². The number of aryl methyl sites for hydroxylation is 2. The van der Waals surface area contributed by atoms with Crippen LogP contribution in [0.4, 0.5) is 5.69 Å². The topological polar surface area (TPSA) is 67.6 Å². The van der Waals surface area contributed by atoms with E-state index in [1.54, 1.807) is 6.20 Å². The summed E-state index contributed by atoms with van der Waals surface area (Å²) in [4.78, 5) is 11.8. The van der Waals surface area contributed by atoms with Gasteiger partial charge in [0.1, 0.15) is 10.4 Å². The maximum absolute atomic E-state index is 5.95. The molecule has 0 saturated heterocycles. The highest BCUT2D eigenvalue weighted by Gasteiger charge is 2.11. The van der Waals surface area contributed by atoms with Gasteiger partial charge in [-0.05, 0) is 35.3 Å². The molecule has 5 heteroatoms. The summed E-state index contributed by atoms with van der Waals surface area (Å²) in [5.41, 5.74) is 9.59. The lowest BCUT2D eigenvalue weighted by Gasteiger charge is -2.02. The van der Waals surface area contributed by atoms with Gasteiger partial charge in [0.2, 0.25) is 0 Å². The normalized spacial score (nSPS) is 10.7. The number of rotatable bonds is 2. The summed E-state index contributed by atoms with van der Waals surface area (Å²) >= 11 is 3.31. The highest BCUT2D eigenvalue weighted by molar-refractivity contribution is 9.10. The zero-order valence-corrected chi connectivity index (χ0v) is 10.8. The molecule has 2 rings (SSSR count). The summed E-state index contributed by atoms with van der Waals surface area (Å²) in [5.74, 6) is 0.801. The van der Waals surface area contributed by atoms with Crippen LogP contribution in [0.3, 0.4) is 0 Å². The van der Waals surface area contributed by atoms with Gasteiger partial charge in [-0.2, -0.15) is 0 Å². The molecule has 2 heterocycles. The number of aromatic nitrogens is 3. The first-order chi connectivity index (χ1) is 7.63. The zero-order chi connectivity index (χ0) is 11.7. The van der Waals surface area contributed by atoms with Gasteiger partial charge in [-0.1, -0.05) is 6.92 Å². The molecule has 0 fully saturated rings. The molecule has 3 N–H and O–H groups in total. The first kappa shape index (κ1) is 11.1. The minimum atomic E-state index is 0.610. The van der Waals surface area contributed by atoms with Crippen molar-refractivity contribution >= 4 is 21.6 Å². The molecule has 0 aromatic carbocycles. The van der Waals surface area contributed by atoms with Crippen molar-refractivity contribution in [3.8, 4) is 11.4 Å². The molecular weight excluding hydrogens is 268 g/mol. The predicted octanol–water partition coefficient (Wildman–Crippen LogP) is 2.69. The third kappa shape index (κ3) is 1.82. The van der Waals surface area contributed by atoms with Crippen LogP contribution in [-0.2, 0) is 6.42 Å². The quantitative estimate of drug-likeness (QED) is 0.832. The molecular formula is C11H13BrN4. The molecule has 0 aliphatic rings. The van der Waals surface area contributed by atoms with Gasteiger partial charge in [-0.25, -0.2) is 9.97 Å². The molecule has 0 atom stereocenters. The summed E-state index contributed by atoms with van der Waals surface area (Å²) in [6, 6.07) is 1.86. The van der Waals surface area contributed by atoms with E-state index in [-0.39, 0.29) is 0 Å². The largest absolute Gasteiger partial charge is 0.396 e. The van der Waals surface area contributed by atoms with Crippen molar-refractivity contribution in [1.29, 1.82) is 0 Å². The van der Waals surface area contributed by atoms with Crippen LogP contribution in [0.2, 0.25) is 0 Å². The Hall–Kier alpha value is -1.36. The van der Waals surface area contributed by atoms with Crippen LogP contribution in [-0.4, -0.2) is 15.0 Å². The monoisotopic (exact) mass is 280 g/mol. The average molecular weight is 281 g/mol. The second-order valence-electron chi connectivity index (χ2n) is 3.57. The molecule has 84 valence electrons. The van der Waals surface area contributed by atoms with Gasteiger partial charge in [0.05, 0.1) is 11.4 Å². The Labute approximate surface area is 102 Å². The van der Waals surface area contributed by atoms with Gasteiger partial charge < -0.3 is 10.7 Å². The number of imidazole rings is 1. The number of pyridine rings is 1. The Balaban J connectivity index is 2.54. The first-order valence-electron chi connectivity index (χ1n) is 5.09. The van der Waals surface area contributed by atoms with E-state index in [2.05, 4.69) is 37.8 Å². The molecule has 0 bridgehead atoms. The number of hydrogen-bond donors (Lipinski definition) is 2. The number of nitrogen functional groups attached to an aromatic ring is 1. The fraction of sp³-hybridized carbons (Fsp3) is 0.273. The highest BCUT2D eigenvalue weighted by Crippen LogP contribution is 2.28. The van der Waals surface area contributed by atoms with Crippen molar-refractivity contribution in [3.05, 3.63) is 28.3 Å². The fourth-order valence-electron chi connectivity index (χ4n) is 1.62. The average Bonchev–Trinajstić information content (AvgIpc) is 2.63. The van der Waals surface area contributed by atoms with E-state index in [0.717, 1.165) is 29.2 Å². The number of nitrogens with zero attached hydrogens (tertiary/aromatic N) is 2. The maximum Gasteiger partial charge on any atom is 0.140 e. The number of anilines is 1. The molecule has 0 spiro atoms. The number of nitrogens with one attached hydrogen (secondary N) is 1. The molecule has 2 aromatic heterocycles. The molecule has 0 radical (unpaired) electrons. The van der Waals surface area contributed by atoms with Crippen LogP contribution < -0.4 is 5.73 Å². The van der Waals surface area contributed by atoms with Crippen molar-refractivity contribution < 1.29 is 0 Å². The highest BCUT2D eigenvalue weighted by atomic mass is 79.9. The molecule has 0 amide bonds. The summed E-state index contributed by atoms with van der Waals surface area (Å²) in [6.45, 7) is 4.10. The Bertz CT molecular complexity index is 519. The van der Waals surface area contributed by atoms with Crippen molar-refractivity contribution in [2.75, 3.05) is 5.73 Å². The van der Waals surface area contributed by atoms with E-state index in [1.807, 2.05) is 13.0 Å². The van der Waals surface area contributed by atoms with Gasteiger partial charge in [0, 0.05) is 17.5 Å². The summed E-state index contributed by atoms with van der Waals surface area (Å²) in [7, 11) is 0. The van der Waals surface area contributed by atoms with Gasteiger partial charge in [-0.3, -0.25) is 0 Å². The number of H-pyrrole nitrogens is 1. The molecule has 16 heavy (non-hydrogen) atoms. The maximum atomic E-state index is 5.95. The van der Waals surface area contributed by atoms with Gasteiger partial charge in [0.25, 0.3) is 0 Å². The van der Waals surface area contributed by atoms with Gasteiger partial charge in [0.15, 0.2) is 0 Å². The third-order valence-corrected chi connectivity index (χ3v) is 3.15. The minimum absolute atomic E-state index is 0.610. The van der Waals surface area contributed by atoms with Crippen molar-refractivity contribution in [2.45, 2.75) is 20.3 Å². The Morgan fingerprint density at radius 3 is 2.88 bits per heavy atom. The smallest absolute Gasteiger partial charge is 0.140 e. The lowest BCUT2D eigenvalue weighted by Crippen LogP contribution is -1.94. The van der Waals surface area contributed by atoms with E-state index in [9.17, 15) is 0 Å². The lowest BCUT2D eigenvalue weighted by atomic mass is 10.2. The summed E-state index contributed by atoms with van der Waals surface area (Å²) in [5, 5.41) is 0. The van der Waals surface area contributed by atoms with Crippen LogP contribution in [0.15, 0.2) is 16.9 Å². The van der Waals surface area contributed by atoms with E-state index in [4.69, 9.17) is 5.73 Å². The van der Waals surface area contributed by atoms with Crippen molar-refractivity contribution in [3.63, 3.8) is 0 Å². The van der Waals surface area contributed by atoms with Gasteiger partial charge >= 0.3 is 0 Å². The zero-order valence-electron chi connectivity index (χ0n) is 9.21. The second-order valence-corrected chi connectivity index (χ2v) is 4.32. The summed E-state index contributed by atoms with van der Waals surface area (Å²) in [6.07, 6.45) is 2.62. The predicted molar refractivity (Wildman–Crippen MR) is 68.0 cm³/mol. The number of aromatic amines is 1. The second kappa shape index (κ2) is 4.25. The summed E-state index contributed by atoms with van der Waals surface area (Å²) < 4.78 is 0.650. The van der Waals surface area contributed by atoms with Crippen LogP contribution in [0, 0.1) is 6.92 Å². The molecule has 0 unspecified atom stereocenters. The first-order valence-corrected chi connectivity index (χ1v) is 5.88. The Morgan fingerprint density at radius 2 is 2.25 bits per heavy atom. The van der Waals surface area contributed by atoms with E-state index >= 15 is 0 Å². The molecule has 0 aliphatic heterocycles. The lowest BCUT2D eigenvalue weighted by molar-refractivity contribution is 1.04. The van der Waals surface area contributed by atoms with Crippen LogP contribution >= 0.6 is 15.9 Å². The number of hydrogen-bond acceptors (Lipinski definition) is 3. The Kier molecular flexibility index (Phi) is 2.96. The van der Waals surface area contributed by atoms with Crippen molar-refractivity contribution in [1.82, 2.24) is 15.0 Å². The van der Waals surface area contributed by atoms with Crippen LogP contribution in [0.1, 0.15) is 18.3 Å². The van der Waals surface area contributed by atoms with Crippen LogP contribution in [0.25, 0.3) is 11.4 Å². The Morgan fingerprint density at radius 1 is 1.50 bits per heavy atom. The molecule has 0 saturated carbocycles. The molecule has 0 aliphatic carbocycles. The van der Waals surface area contributed by atoms with E-state index in [0.29, 0.717) is 10.3 Å². The molecule has 2 aromatic rings. The SMILES string of the molecule is CCc1nc(-c2ccnc(Br)c2N)[nH]c1C. The van der Waals surface area contributed by atoms with Gasteiger partial charge in [-0.15, -0.1) is 0 Å². The van der Waals surface area contributed by atoms with Crippen molar-refractivity contribution in [2.24, 2.45) is 0 Å². The third-order valence-electron chi connectivity index (χ3n) is 2.52. The number of nitrogens with two attached hydrogens (primary N) is 1.